The second-order valence-electron chi connectivity index (χ2n) is 9.74. The van der Waals surface area contributed by atoms with E-state index in [2.05, 4.69) is 34.9 Å². The number of nitrogens with one attached hydrogen (secondary N) is 2. The van der Waals surface area contributed by atoms with Crippen molar-refractivity contribution in [3.8, 4) is 11.1 Å². The van der Waals surface area contributed by atoms with E-state index in [0.717, 1.165) is 22.3 Å². The molecule has 2 aromatic rings. The number of ether oxygens (including phenoxy) is 1. The van der Waals surface area contributed by atoms with Crippen LogP contribution in [0.3, 0.4) is 0 Å². The van der Waals surface area contributed by atoms with Crippen LogP contribution >= 0.6 is 0 Å². The number of carboxylic acids is 1. The molecule has 35 heavy (non-hydrogen) atoms. The van der Waals surface area contributed by atoms with Gasteiger partial charge in [0.15, 0.2) is 0 Å². The van der Waals surface area contributed by atoms with Crippen molar-refractivity contribution in [2.24, 2.45) is 17.8 Å². The van der Waals surface area contributed by atoms with E-state index in [9.17, 15) is 19.5 Å². The van der Waals surface area contributed by atoms with Crippen LogP contribution in [0, 0.1) is 17.8 Å². The van der Waals surface area contributed by atoms with Gasteiger partial charge in [-0.15, -0.1) is 0 Å². The van der Waals surface area contributed by atoms with Crippen molar-refractivity contribution in [1.29, 1.82) is 0 Å². The number of fused-ring (bicyclic) bond motifs is 3. The summed E-state index contributed by atoms with van der Waals surface area (Å²) in [6.45, 7) is 7.92. The van der Waals surface area contributed by atoms with Crippen molar-refractivity contribution < 1.29 is 24.2 Å². The Morgan fingerprint density at radius 1 is 0.971 bits per heavy atom. The van der Waals surface area contributed by atoms with Crippen LogP contribution in [-0.4, -0.2) is 42.3 Å². The molecule has 7 heteroatoms. The molecule has 0 spiro atoms. The van der Waals surface area contributed by atoms with Crippen LogP contribution in [0.5, 0.6) is 0 Å². The maximum Gasteiger partial charge on any atom is 0.407 e. The molecule has 2 amide bonds. The summed E-state index contributed by atoms with van der Waals surface area (Å²) in [5.74, 6) is -2.03. The van der Waals surface area contributed by atoms with Crippen molar-refractivity contribution in [2.45, 2.75) is 52.5 Å². The Hall–Kier alpha value is -3.35. The van der Waals surface area contributed by atoms with E-state index in [-0.39, 0.29) is 36.8 Å². The van der Waals surface area contributed by atoms with E-state index >= 15 is 0 Å². The van der Waals surface area contributed by atoms with E-state index < -0.39 is 24.0 Å². The lowest BCUT2D eigenvalue weighted by molar-refractivity contribution is -0.144. The van der Waals surface area contributed by atoms with E-state index in [4.69, 9.17) is 4.74 Å². The van der Waals surface area contributed by atoms with Crippen molar-refractivity contribution in [1.82, 2.24) is 10.6 Å². The zero-order valence-corrected chi connectivity index (χ0v) is 20.9. The summed E-state index contributed by atoms with van der Waals surface area (Å²) in [5, 5.41) is 14.9. The van der Waals surface area contributed by atoms with Gasteiger partial charge in [-0.2, -0.15) is 0 Å². The molecule has 1 aliphatic carbocycles. The molecule has 0 bridgehead atoms. The molecule has 0 radical (unpaired) electrons. The van der Waals surface area contributed by atoms with Crippen LogP contribution in [0.15, 0.2) is 48.5 Å². The molecule has 0 fully saturated rings. The number of benzene rings is 2. The van der Waals surface area contributed by atoms with E-state index in [0.29, 0.717) is 12.8 Å². The fourth-order valence-electron chi connectivity index (χ4n) is 4.66. The molecule has 3 N–H and O–H groups in total. The molecule has 0 aliphatic heterocycles. The Kier molecular flexibility index (Phi) is 8.90. The lowest BCUT2D eigenvalue weighted by Crippen LogP contribution is -2.49. The van der Waals surface area contributed by atoms with Crippen molar-refractivity contribution in [2.75, 3.05) is 13.2 Å². The third-order valence-corrected chi connectivity index (χ3v) is 6.74. The number of hydrogen-bond acceptors (Lipinski definition) is 4. The second kappa shape index (κ2) is 11.9. The largest absolute Gasteiger partial charge is 0.480 e. The Morgan fingerprint density at radius 3 is 2.06 bits per heavy atom. The SMILES string of the molecule is CCC(C)C(NC(=O)C(CNC(=O)OCC1c2ccccc2-c2ccccc21)CC(C)C)C(=O)O. The first-order valence-corrected chi connectivity index (χ1v) is 12.3. The summed E-state index contributed by atoms with van der Waals surface area (Å²) in [6.07, 6.45) is 0.553. The summed E-state index contributed by atoms with van der Waals surface area (Å²) in [4.78, 5) is 37.1. The maximum atomic E-state index is 12.9. The average molecular weight is 481 g/mol. The smallest absolute Gasteiger partial charge is 0.407 e. The highest BCUT2D eigenvalue weighted by molar-refractivity contribution is 5.85. The monoisotopic (exact) mass is 480 g/mol. The number of carbonyl (C=O) groups excluding carboxylic acids is 2. The first-order valence-electron chi connectivity index (χ1n) is 12.3. The summed E-state index contributed by atoms with van der Waals surface area (Å²) >= 11 is 0. The van der Waals surface area contributed by atoms with Crippen LogP contribution in [-0.2, 0) is 14.3 Å². The highest BCUT2D eigenvalue weighted by Crippen LogP contribution is 2.44. The number of carbonyl (C=O) groups is 3. The highest BCUT2D eigenvalue weighted by Gasteiger charge is 2.31. The van der Waals surface area contributed by atoms with Gasteiger partial charge < -0.3 is 20.5 Å². The van der Waals surface area contributed by atoms with Gasteiger partial charge in [0.05, 0.1) is 5.92 Å². The summed E-state index contributed by atoms with van der Waals surface area (Å²) < 4.78 is 5.57. The average Bonchev–Trinajstić information content (AvgIpc) is 3.16. The first kappa shape index (κ1) is 26.3. The third-order valence-electron chi connectivity index (χ3n) is 6.74. The number of carboxylic acid groups (broad SMARTS) is 1. The first-order chi connectivity index (χ1) is 16.7. The topological polar surface area (TPSA) is 105 Å². The summed E-state index contributed by atoms with van der Waals surface area (Å²) in [7, 11) is 0. The highest BCUT2D eigenvalue weighted by atomic mass is 16.5. The number of rotatable bonds is 11. The molecular formula is C28H36N2O5. The Bertz CT molecular complexity index is 1010. The Morgan fingerprint density at radius 2 is 1.54 bits per heavy atom. The third kappa shape index (κ3) is 6.41. The molecule has 3 unspecified atom stereocenters. The minimum Gasteiger partial charge on any atom is -0.480 e. The Labute approximate surface area is 207 Å². The van der Waals surface area contributed by atoms with Crippen molar-refractivity contribution >= 4 is 18.0 Å². The van der Waals surface area contributed by atoms with Crippen LogP contribution in [0.1, 0.15) is 57.6 Å². The summed E-state index contributed by atoms with van der Waals surface area (Å²) in [5.41, 5.74) is 4.56. The van der Waals surface area contributed by atoms with Gasteiger partial charge >= 0.3 is 12.1 Å². The lowest BCUT2D eigenvalue weighted by atomic mass is 9.94. The van der Waals surface area contributed by atoms with E-state index in [1.165, 1.54) is 0 Å². The molecule has 0 heterocycles. The number of alkyl carbamates (subject to hydrolysis) is 1. The molecular weight excluding hydrogens is 444 g/mol. The van der Waals surface area contributed by atoms with Crippen molar-refractivity contribution in [3.05, 3.63) is 59.7 Å². The zero-order chi connectivity index (χ0) is 25.5. The van der Waals surface area contributed by atoms with Crippen LogP contribution in [0.4, 0.5) is 4.79 Å². The zero-order valence-electron chi connectivity index (χ0n) is 20.9. The second-order valence-corrected chi connectivity index (χ2v) is 9.74. The van der Waals surface area contributed by atoms with Crippen LogP contribution in [0.25, 0.3) is 11.1 Å². The molecule has 3 atom stereocenters. The predicted molar refractivity (Wildman–Crippen MR) is 135 cm³/mol. The minimum absolute atomic E-state index is 0.0465. The quantitative estimate of drug-likeness (QED) is 0.428. The van der Waals surface area contributed by atoms with Gasteiger partial charge in [0.1, 0.15) is 12.6 Å². The molecule has 1 aliphatic rings. The molecule has 0 aromatic heterocycles. The molecule has 0 saturated carbocycles. The standard InChI is InChI=1S/C28H36N2O5/c1-5-18(4)25(27(32)33)30-26(31)19(14-17(2)3)15-29-28(34)35-16-24-22-12-8-6-10-20(22)21-11-7-9-13-23(21)24/h6-13,17-19,24-25H,5,14-16H2,1-4H3,(H,29,34)(H,30,31)(H,32,33). The van der Waals surface area contributed by atoms with E-state index in [1.54, 1.807) is 6.92 Å². The molecule has 0 saturated heterocycles. The van der Waals surface area contributed by atoms with Gasteiger partial charge in [0.2, 0.25) is 5.91 Å². The fraction of sp³-hybridized carbons (Fsp3) is 0.464. The number of hydrogen-bond donors (Lipinski definition) is 3. The van der Waals surface area contributed by atoms with Crippen LogP contribution < -0.4 is 10.6 Å². The van der Waals surface area contributed by atoms with Gasteiger partial charge in [-0.1, -0.05) is 82.6 Å². The van der Waals surface area contributed by atoms with Crippen LogP contribution in [0.2, 0.25) is 0 Å². The predicted octanol–water partition coefficient (Wildman–Crippen LogP) is 4.80. The maximum absolute atomic E-state index is 12.9. The molecule has 2 aromatic carbocycles. The van der Waals surface area contributed by atoms with Gasteiger partial charge in [-0.05, 0) is 40.5 Å². The van der Waals surface area contributed by atoms with Gasteiger partial charge in [-0.25, -0.2) is 9.59 Å². The van der Waals surface area contributed by atoms with Gasteiger partial charge in [0, 0.05) is 12.5 Å². The Balaban J connectivity index is 1.60. The fourth-order valence-corrected chi connectivity index (χ4v) is 4.66. The van der Waals surface area contributed by atoms with Gasteiger partial charge in [-0.3, -0.25) is 4.79 Å². The normalized spacial score (nSPS) is 15.0. The molecule has 3 rings (SSSR count). The number of amides is 2. The lowest BCUT2D eigenvalue weighted by Gasteiger charge is -2.25. The summed E-state index contributed by atoms with van der Waals surface area (Å²) in [6, 6.07) is 15.3. The molecule has 7 nitrogen and oxygen atoms in total. The van der Waals surface area contributed by atoms with Gasteiger partial charge in [0.25, 0.3) is 0 Å². The molecule has 188 valence electrons. The number of aliphatic carboxylic acids is 1. The minimum atomic E-state index is -1.06. The van der Waals surface area contributed by atoms with E-state index in [1.807, 2.05) is 45.0 Å². The van der Waals surface area contributed by atoms with Crippen molar-refractivity contribution in [3.63, 3.8) is 0 Å².